The van der Waals surface area contributed by atoms with Crippen LogP contribution in [0.1, 0.15) is 21.6 Å². The van der Waals surface area contributed by atoms with E-state index in [9.17, 15) is 18.0 Å². The zero-order valence-corrected chi connectivity index (χ0v) is 9.38. The Balaban J connectivity index is 2.54. The predicted octanol–water partition coefficient (Wildman–Crippen LogP) is 3.04. The molecule has 0 amide bonds. The van der Waals surface area contributed by atoms with Gasteiger partial charge in [-0.1, -0.05) is 6.07 Å². The minimum atomic E-state index is -1.66. The third-order valence-electron chi connectivity index (χ3n) is 2.50. The van der Waals surface area contributed by atoms with Crippen molar-refractivity contribution in [3.63, 3.8) is 0 Å². The summed E-state index contributed by atoms with van der Waals surface area (Å²) in [4.78, 5) is 15.8. The molecule has 0 unspecified atom stereocenters. The maximum absolute atomic E-state index is 13.5. The summed E-state index contributed by atoms with van der Waals surface area (Å²) in [5, 5.41) is 0. The van der Waals surface area contributed by atoms with Gasteiger partial charge in [0.25, 0.3) is 0 Å². The van der Waals surface area contributed by atoms with Crippen LogP contribution in [0.5, 0.6) is 0 Å². The Morgan fingerprint density at radius 3 is 2.50 bits per heavy atom. The highest BCUT2D eigenvalue weighted by Gasteiger charge is 2.21. The highest BCUT2D eigenvalue weighted by molar-refractivity contribution is 6.08. The lowest BCUT2D eigenvalue weighted by Crippen LogP contribution is -2.10. The fourth-order valence-corrected chi connectivity index (χ4v) is 1.55. The van der Waals surface area contributed by atoms with Crippen molar-refractivity contribution in [2.24, 2.45) is 0 Å². The van der Waals surface area contributed by atoms with E-state index in [0.717, 1.165) is 6.07 Å². The highest BCUT2D eigenvalue weighted by Crippen LogP contribution is 2.19. The molecule has 0 radical (unpaired) electrons. The number of hydrogen-bond donors (Lipinski definition) is 0. The Morgan fingerprint density at radius 1 is 1.11 bits per heavy atom. The van der Waals surface area contributed by atoms with Crippen LogP contribution >= 0.6 is 0 Å². The van der Waals surface area contributed by atoms with Crippen molar-refractivity contribution in [2.75, 3.05) is 0 Å². The highest BCUT2D eigenvalue weighted by atomic mass is 19.2. The average Bonchev–Trinajstić information content (AvgIpc) is 2.36. The van der Waals surface area contributed by atoms with Crippen LogP contribution in [0.3, 0.4) is 0 Å². The second kappa shape index (κ2) is 4.60. The first kappa shape index (κ1) is 12.3. The predicted molar refractivity (Wildman–Crippen MR) is 58.7 cm³/mol. The van der Waals surface area contributed by atoms with Crippen LogP contribution < -0.4 is 0 Å². The van der Waals surface area contributed by atoms with Gasteiger partial charge in [-0.3, -0.25) is 9.78 Å². The van der Waals surface area contributed by atoms with E-state index in [1.54, 1.807) is 19.1 Å². The molecule has 2 nitrogen and oxygen atoms in total. The number of carbonyl (C=O) groups is 1. The number of aromatic nitrogens is 1. The van der Waals surface area contributed by atoms with Crippen LogP contribution in [-0.4, -0.2) is 10.8 Å². The van der Waals surface area contributed by atoms with Crippen LogP contribution in [0.15, 0.2) is 30.5 Å². The van der Waals surface area contributed by atoms with Crippen molar-refractivity contribution in [3.05, 3.63) is 64.7 Å². The average molecular weight is 251 g/mol. The molecule has 2 aromatic rings. The summed E-state index contributed by atoms with van der Waals surface area (Å²) in [6.07, 6.45) is 1.37. The molecule has 0 N–H and O–H groups in total. The van der Waals surface area contributed by atoms with E-state index in [2.05, 4.69) is 4.98 Å². The molecule has 0 bridgehead atoms. The molecule has 0 spiro atoms. The molecule has 1 aromatic heterocycles. The Hall–Kier alpha value is -2.17. The lowest BCUT2D eigenvalue weighted by molar-refractivity contribution is 0.102. The molecule has 2 rings (SSSR count). The Kier molecular flexibility index (Phi) is 3.14. The van der Waals surface area contributed by atoms with Gasteiger partial charge in [0.05, 0.1) is 5.56 Å². The minimum absolute atomic E-state index is 0.0161. The fraction of sp³-hybridized carbons (Fsp3) is 0.0769. The van der Waals surface area contributed by atoms with E-state index >= 15 is 0 Å². The molecular weight excluding hydrogens is 243 g/mol. The smallest absolute Gasteiger partial charge is 0.214 e. The largest absolute Gasteiger partial charge is 0.287 e. The fourth-order valence-electron chi connectivity index (χ4n) is 1.55. The van der Waals surface area contributed by atoms with Crippen molar-refractivity contribution in [2.45, 2.75) is 6.92 Å². The number of halogens is 3. The van der Waals surface area contributed by atoms with Crippen LogP contribution in [-0.2, 0) is 0 Å². The van der Waals surface area contributed by atoms with E-state index in [1.165, 1.54) is 6.20 Å². The summed E-state index contributed by atoms with van der Waals surface area (Å²) < 4.78 is 39.3. The molecule has 92 valence electrons. The van der Waals surface area contributed by atoms with E-state index in [4.69, 9.17) is 0 Å². The van der Waals surface area contributed by atoms with Gasteiger partial charge in [-0.2, -0.15) is 0 Å². The van der Waals surface area contributed by atoms with Gasteiger partial charge in [-0.25, -0.2) is 13.2 Å². The van der Waals surface area contributed by atoms with Gasteiger partial charge in [0, 0.05) is 6.20 Å². The van der Waals surface area contributed by atoms with E-state index in [0.29, 0.717) is 11.6 Å². The summed E-state index contributed by atoms with van der Waals surface area (Å²) in [5.74, 6) is -5.26. The molecular formula is C13H8F3NO. The molecule has 0 saturated carbocycles. The second-order valence-corrected chi connectivity index (χ2v) is 3.72. The Morgan fingerprint density at radius 2 is 1.83 bits per heavy atom. The number of aryl methyl sites for hydroxylation is 1. The number of pyridine rings is 1. The summed E-state index contributed by atoms with van der Waals surface area (Å²) in [7, 11) is 0. The molecule has 18 heavy (non-hydrogen) atoms. The van der Waals surface area contributed by atoms with Gasteiger partial charge in [0.2, 0.25) is 5.78 Å². The normalized spacial score (nSPS) is 10.4. The maximum atomic E-state index is 13.5. The Bertz CT molecular complexity index is 626. The van der Waals surface area contributed by atoms with E-state index in [1.807, 2.05) is 0 Å². The van der Waals surface area contributed by atoms with Gasteiger partial charge >= 0.3 is 0 Å². The van der Waals surface area contributed by atoms with Crippen molar-refractivity contribution < 1.29 is 18.0 Å². The maximum Gasteiger partial charge on any atom is 0.214 e. The third-order valence-corrected chi connectivity index (χ3v) is 2.50. The summed E-state index contributed by atoms with van der Waals surface area (Å²) in [6, 6.07) is 4.86. The number of rotatable bonds is 2. The molecule has 5 heteroatoms. The lowest BCUT2D eigenvalue weighted by Gasteiger charge is -2.05. The summed E-state index contributed by atoms with van der Waals surface area (Å²) in [6.45, 7) is 1.62. The standard InChI is InChI=1S/C13H8F3NO/c1-7-3-2-6-17-12(7)13(18)8-4-5-9(14)11(16)10(8)15/h2-6H,1H3. The number of ketones is 1. The topological polar surface area (TPSA) is 30.0 Å². The van der Waals surface area contributed by atoms with Crippen molar-refractivity contribution in [3.8, 4) is 0 Å². The number of carbonyl (C=O) groups excluding carboxylic acids is 1. The lowest BCUT2D eigenvalue weighted by atomic mass is 10.0. The van der Waals surface area contributed by atoms with Gasteiger partial charge in [0.15, 0.2) is 17.5 Å². The molecule has 1 heterocycles. The number of hydrogen-bond acceptors (Lipinski definition) is 2. The monoisotopic (exact) mass is 251 g/mol. The van der Waals surface area contributed by atoms with Crippen LogP contribution in [0, 0.1) is 24.4 Å². The van der Waals surface area contributed by atoms with Crippen LogP contribution in [0.2, 0.25) is 0 Å². The van der Waals surface area contributed by atoms with Crippen LogP contribution in [0.4, 0.5) is 13.2 Å². The van der Waals surface area contributed by atoms with Gasteiger partial charge in [-0.15, -0.1) is 0 Å². The first-order valence-electron chi connectivity index (χ1n) is 5.12. The molecule has 0 atom stereocenters. The third kappa shape index (κ3) is 1.99. The molecule has 0 aliphatic heterocycles. The number of benzene rings is 1. The Labute approximate surface area is 101 Å². The van der Waals surface area contributed by atoms with Crippen molar-refractivity contribution >= 4 is 5.78 Å². The molecule has 0 saturated heterocycles. The van der Waals surface area contributed by atoms with Crippen LogP contribution in [0.25, 0.3) is 0 Å². The number of nitrogens with zero attached hydrogens (tertiary/aromatic N) is 1. The first-order valence-corrected chi connectivity index (χ1v) is 5.12. The quantitative estimate of drug-likeness (QED) is 0.606. The zero-order chi connectivity index (χ0) is 13.3. The zero-order valence-electron chi connectivity index (χ0n) is 9.38. The molecule has 0 aliphatic carbocycles. The SMILES string of the molecule is Cc1cccnc1C(=O)c1ccc(F)c(F)c1F. The minimum Gasteiger partial charge on any atom is -0.287 e. The van der Waals surface area contributed by atoms with E-state index in [-0.39, 0.29) is 5.69 Å². The van der Waals surface area contributed by atoms with Crippen molar-refractivity contribution in [1.82, 2.24) is 4.98 Å². The molecule has 0 fully saturated rings. The van der Waals surface area contributed by atoms with Crippen molar-refractivity contribution in [1.29, 1.82) is 0 Å². The summed E-state index contributed by atoms with van der Waals surface area (Å²) in [5.41, 5.74) is 0.0183. The molecule has 0 aliphatic rings. The van der Waals surface area contributed by atoms with Gasteiger partial charge in [0.1, 0.15) is 5.69 Å². The van der Waals surface area contributed by atoms with Gasteiger partial charge < -0.3 is 0 Å². The molecule has 1 aromatic carbocycles. The second-order valence-electron chi connectivity index (χ2n) is 3.72. The first-order chi connectivity index (χ1) is 8.52. The summed E-state index contributed by atoms with van der Waals surface area (Å²) >= 11 is 0. The van der Waals surface area contributed by atoms with E-state index < -0.39 is 28.8 Å². The van der Waals surface area contributed by atoms with Gasteiger partial charge in [-0.05, 0) is 30.7 Å².